The summed E-state index contributed by atoms with van der Waals surface area (Å²) in [4.78, 5) is 26.3. The maximum atomic E-state index is 12.5. The summed E-state index contributed by atoms with van der Waals surface area (Å²) in [5.74, 6) is 0.742. The number of rotatable bonds is 6. The van der Waals surface area contributed by atoms with E-state index >= 15 is 0 Å². The Balaban J connectivity index is 1.29. The van der Waals surface area contributed by atoms with E-state index in [2.05, 4.69) is 20.8 Å². The van der Waals surface area contributed by atoms with Crippen LogP contribution in [0.2, 0.25) is 0 Å². The average Bonchev–Trinajstić information content (AvgIpc) is 3.34. The molecule has 1 aliphatic rings. The number of amides is 3. The molecule has 0 fully saturated rings. The summed E-state index contributed by atoms with van der Waals surface area (Å²) in [7, 11) is 0. The zero-order valence-corrected chi connectivity index (χ0v) is 15.7. The molecular formula is C21H21N5O3. The van der Waals surface area contributed by atoms with Gasteiger partial charge >= 0.3 is 6.03 Å². The van der Waals surface area contributed by atoms with Crippen LogP contribution in [0.4, 0.5) is 10.6 Å². The Morgan fingerprint density at radius 3 is 2.52 bits per heavy atom. The minimum atomic E-state index is -0.310. The molecule has 0 spiro atoms. The number of fused-ring (bicyclic) bond motifs is 1. The quantitative estimate of drug-likeness (QED) is 0.601. The molecule has 4 rings (SSSR count). The van der Waals surface area contributed by atoms with Gasteiger partial charge in [-0.25, -0.2) is 4.79 Å². The molecule has 3 N–H and O–H groups in total. The van der Waals surface area contributed by atoms with Crippen molar-refractivity contribution in [1.29, 1.82) is 0 Å². The van der Waals surface area contributed by atoms with Crippen LogP contribution in [0.15, 0.2) is 60.7 Å². The number of hydrogen-bond acceptors (Lipinski definition) is 4. The van der Waals surface area contributed by atoms with Gasteiger partial charge in [0.2, 0.25) is 0 Å². The SMILES string of the molecule is O=C(COc1ccccc1)Nc1n[nH]c2c1CN(C(=O)NCc1ccccc1)C2. The molecule has 8 nitrogen and oxygen atoms in total. The van der Waals surface area contributed by atoms with Gasteiger partial charge in [-0.2, -0.15) is 5.10 Å². The van der Waals surface area contributed by atoms with Crippen molar-refractivity contribution in [3.05, 3.63) is 77.5 Å². The highest BCUT2D eigenvalue weighted by molar-refractivity contribution is 5.92. The molecule has 1 aromatic heterocycles. The fraction of sp³-hybridized carbons (Fsp3) is 0.190. The third kappa shape index (κ3) is 4.55. The Hall–Kier alpha value is -3.81. The Morgan fingerprint density at radius 2 is 1.76 bits per heavy atom. The van der Waals surface area contributed by atoms with Gasteiger partial charge < -0.3 is 20.3 Å². The molecule has 0 saturated carbocycles. The highest BCUT2D eigenvalue weighted by Crippen LogP contribution is 2.27. The van der Waals surface area contributed by atoms with Crippen molar-refractivity contribution >= 4 is 17.8 Å². The molecule has 2 heterocycles. The lowest BCUT2D eigenvalue weighted by Gasteiger charge is -2.17. The first-order valence-corrected chi connectivity index (χ1v) is 9.29. The van der Waals surface area contributed by atoms with Crippen molar-refractivity contribution in [2.45, 2.75) is 19.6 Å². The molecule has 0 radical (unpaired) electrons. The fourth-order valence-corrected chi connectivity index (χ4v) is 3.11. The topological polar surface area (TPSA) is 99.3 Å². The van der Waals surface area contributed by atoms with E-state index in [0.717, 1.165) is 16.8 Å². The third-order valence-corrected chi connectivity index (χ3v) is 4.60. The number of hydrogen-bond donors (Lipinski definition) is 3. The van der Waals surface area contributed by atoms with E-state index in [1.54, 1.807) is 17.0 Å². The normalized spacial score (nSPS) is 12.3. The number of benzene rings is 2. The number of ether oxygens (including phenoxy) is 1. The monoisotopic (exact) mass is 391 g/mol. The van der Waals surface area contributed by atoms with Gasteiger partial charge in [0, 0.05) is 12.1 Å². The molecule has 148 valence electrons. The molecular weight excluding hydrogens is 370 g/mol. The molecule has 0 atom stereocenters. The van der Waals surface area contributed by atoms with Crippen LogP contribution in [0.5, 0.6) is 5.75 Å². The second-order valence-corrected chi connectivity index (χ2v) is 6.68. The third-order valence-electron chi connectivity index (χ3n) is 4.60. The van der Waals surface area contributed by atoms with Crippen molar-refractivity contribution < 1.29 is 14.3 Å². The van der Waals surface area contributed by atoms with E-state index in [-0.39, 0.29) is 18.5 Å². The standard InChI is InChI=1S/C21H21N5O3/c27-19(14-29-16-9-5-2-6-10-16)23-20-17-12-26(13-18(17)24-25-20)21(28)22-11-15-7-3-1-4-8-15/h1-10H,11-14H2,(H,22,28)(H2,23,24,25,27). The number of aromatic nitrogens is 2. The van der Waals surface area contributed by atoms with Gasteiger partial charge in [-0.15, -0.1) is 0 Å². The van der Waals surface area contributed by atoms with Crippen LogP contribution in [-0.4, -0.2) is 33.6 Å². The lowest BCUT2D eigenvalue weighted by molar-refractivity contribution is -0.118. The van der Waals surface area contributed by atoms with Crippen molar-refractivity contribution in [3.63, 3.8) is 0 Å². The number of urea groups is 1. The molecule has 0 aliphatic carbocycles. The van der Waals surface area contributed by atoms with Gasteiger partial charge in [0.1, 0.15) is 5.75 Å². The number of carbonyl (C=O) groups is 2. The molecule has 3 aromatic rings. The summed E-state index contributed by atoms with van der Waals surface area (Å²) >= 11 is 0. The smallest absolute Gasteiger partial charge is 0.318 e. The van der Waals surface area contributed by atoms with Gasteiger partial charge in [-0.05, 0) is 17.7 Å². The van der Waals surface area contributed by atoms with E-state index in [1.807, 2.05) is 48.5 Å². The Bertz CT molecular complexity index is 988. The lowest BCUT2D eigenvalue weighted by atomic mass is 10.2. The number of carbonyl (C=O) groups excluding carboxylic acids is 2. The van der Waals surface area contributed by atoms with E-state index in [0.29, 0.717) is 31.2 Å². The number of H-pyrrole nitrogens is 1. The molecule has 0 bridgehead atoms. The molecule has 0 unspecified atom stereocenters. The zero-order valence-electron chi connectivity index (χ0n) is 15.7. The van der Waals surface area contributed by atoms with Crippen molar-refractivity contribution in [1.82, 2.24) is 20.4 Å². The van der Waals surface area contributed by atoms with Crippen LogP contribution >= 0.6 is 0 Å². The van der Waals surface area contributed by atoms with Crippen molar-refractivity contribution in [2.75, 3.05) is 11.9 Å². The maximum absolute atomic E-state index is 12.5. The second-order valence-electron chi connectivity index (χ2n) is 6.68. The summed E-state index contributed by atoms with van der Waals surface area (Å²) in [6.45, 7) is 1.14. The molecule has 2 aromatic carbocycles. The fourth-order valence-electron chi connectivity index (χ4n) is 3.11. The molecule has 8 heteroatoms. The minimum absolute atomic E-state index is 0.118. The predicted molar refractivity (Wildman–Crippen MR) is 107 cm³/mol. The molecule has 29 heavy (non-hydrogen) atoms. The van der Waals surface area contributed by atoms with Crippen LogP contribution in [0.25, 0.3) is 0 Å². The van der Waals surface area contributed by atoms with Crippen LogP contribution in [0.1, 0.15) is 16.8 Å². The van der Waals surface area contributed by atoms with Gasteiger partial charge in [-0.3, -0.25) is 9.89 Å². The number of para-hydroxylation sites is 1. The Kier molecular flexibility index (Phi) is 5.42. The Morgan fingerprint density at radius 1 is 1.03 bits per heavy atom. The van der Waals surface area contributed by atoms with Gasteiger partial charge in [0.15, 0.2) is 12.4 Å². The van der Waals surface area contributed by atoms with Crippen LogP contribution in [0.3, 0.4) is 0 Å². The molecule has 3 amide bonds. The van der Waals surface area contributed by atoms with E-state index in [9.17, 15) is 9.59 Å². The maximum Gasteiger partial charge on any atom is 0.318 e. The zero-order chi connectivity index (χ0) is 20.1. The van der Waals surface area contributed by atoms with Crippen molar-refractivity contribution in [3.8, 4) is 5.75 Å². The van der Waals surface area contributed by atoms with E-state index < -0.39 is 0 Å². The first-order chi connectivity index (χ1) is 14.2. The van der Waals surface area contributed by atoms with Crippen LogP contribution in [0, 0.1) is 0 Å². The highest BCUT2D eigenvalue weighted by Gasteiger charge is 2.28. The van der Waals surface area contributed by atoms with Gasteiger partial charge in [-0.1, -0.05) is 48.5 Å². The minimum Gasteiger partial charge on any atom is -0.484 e. The summed E-state index contributed by atoms with van der Waals surface area (Å²) < 4.78 is 5.44. The average molecular weight is 391 g/mol. The first-order valence-electron chi connectivity index (χ1n) is 9.29. The first kappa shape index (κ1) is 18.5. The van der Waals surface area contributed by atoms with Crippen LogP contribution in [-0.2, 0) is 24.4 Å². The number of aromatic amines is 1. The second kappa shape index (κ2) is 8.47. The van der Waals surface area contributed by atoms with Gasteiger partial charge in [0.25, 0.3) is 5.91 Å². The van der Waals surface area contributed by atoms with Crippen molar-refractivity contribution in [2.24, 2.45) is 0 Å². The summed E-state index contributed by atoms with van der Waals surface area (Å²) in [5.41, 5.74) is 2.67. The molecule has 1 aliphatic heterocycles. The summed E-state index contributed by atoms with van der Waals surface area (Å²) in [5, 5.41) is 12.7. The highest BCUT2D eigenvalue weighted by atomic mass is 16.5. The number of anilines is 1. The van der Waals surface area contributed by atoms with E-state index in [1.165, 1.54) is 0 Å². The predicted octanol–water partition coefficient (Wildman–Crippen LogP) is 2.65. The number of nitrogens with zero attached hydrogens (tertiary/aromatic N) is 2. The van der Waals surface area contributed by atoms with Crippen LogP contribution < -0.4 is 15.4 Å². The summed E-state index contributed by atoms with van der Waals surface area (Å²) in [6, 6.07) is 18.7. The van der Waals surface area contributed by atoms with Gasteiger partial charge in [0.05, 0.1) is 18.8 Å². The Labute approximate surface area is 167 Å². The number of nitrogens with one attached hydrogen (secondary N) is 3. The molecule has 0 saturated heterocycles. The summed E-state index contributed by atoms with van der Waals surface area (Å²) in [6.07, 6.45) is 0. The lowest BCUT2D eigenvalue weighted by Crippen LogP contribution is -2.36. The largest absolute Gasteiger partial charge is 0.484 e. The van der Waals surface area contributed by atoms with E-state index in [4.69, 9.17) is 4.74 Å².